The third-order valence-electron chi connectivity index (χ3n) is 3.83. The van der Waals surface area contributed by atoms with E-state index in [1.807, 2.05) is 13.0 Å². The molecular weight excluding hydrogens is 340 g/mol. The number of nitrogens with one attached hydrogen (secondary N) is 1. The minimum Gasteiger partial charge on any atom is -0.507 e. The molecule has 0 bridgehead atoms. The van der Waals surface area contributed by atoms with Crippen LogP contribution in [0.4, 0.5) is 0 Å². The number of hydrazine groups is 1. The molecule has 7 heteroatoms. The molecule has 1 heterocycles. The predicted molar refractivity (Wildman–Crippen MR) is 93.7 cm³/mol. The number of carbonyl (C=O) groups excluding carboxylic acids is 3. The van der Waals surface area contributed by atoms with Crippen LogP contribution in [0.5, 0.6) is 5.75 Å². The van der Waals surface area contributed by atoms with Gasteiger partial charge in [-0.3, -0.25) is 19.8 Å². The number of fused-ring (bicyclic) bond motifs is 1. The van der Waals surface area contributed by atoms with E-state index in [1.54, 1.807) is 36.9 Å². The van der Waals surface area contributed by atoms with Crippen LogP contribution < -0.4 is 5.43 Å². The number of hydrogen-bond donors (Lipinski definition) is 2. The molecule has 1 aliphatic heterocycles. The van der Waals surface area contributed by atoms with E-state index in [0.717, 1.165) is 10.6 Å². The molecule has 128 valence electrons. The van der Waals surface area contributed by atoms with Gasteiger partial charge in [0.05, 0.1) is 16.7 Å². The van der Waals surface area contributed by atoms with Gasteiger partial charge in [-0.2, -0.15) is 5.01 Å². The molecule has 0 atom stereocenters. The van der Waals surface area contributed by atoms with Crippen LogP contribution >= 0.6 is 11.8 Å². The van der Waals surface area contributed by atoms with Gasteiger partial charge < -0.3 is 5.11 Å². The smallest absolute Gasteiger partial charge is 0.280 e. The summed E-state index contributed by atoms with van der Waals surface area (Å²) >= 11 is 1.57. The van der Waals surface area contributed by atoms with Gasteiger partial charge in [0.25, 0.3) is 17.7 Å². The summed E-state index contributed by atoms with van der Waals surface area (Å²) in [5.41, 5.74) is 3.53. The number of rotatable bonds is 4. The van der Waals surface area contributed by atoms with Gasteiger partial charge in [0, 0.05) is 4.90 Å². The maximum atomic E-state index is 12.6. The number of imide groups is 1. The number of aromatic hydroxyl groups is 1. The Labute approximate surface area is 148 Å². The second-order valence-corrected chi connectivity index (χ2v) is 6.84. The van der Waals surface area contributed by atoms with Crippen LogP contribution in [0.1, 0.15) is 43.6 Å². The lowest BCUT2D eigenvalue weighted by molar-refractivity contribution is 0.0517. The number of aryl methyl sites for hydroxylation is 1. The quantitative estimate of drug-likeness (QED) is 0.650. The van der Waals surface area contributed by atoms with Gasteiger partial charge in [-0.1, -0.05) is 19.1 Å². The Morgan fingerprint density at radius 3 is 2.60 bits per heavy atom. The molecule has 3 rings (SSSR count). The summed E-state index contributed by atoms with van der Waals surface area (Å²) in [5, 5.41) is 10.4. The van der Waals surface area contributed by atoms with Gasteiger partial charge in [0.1, 0.15) is 5.75 Å². The topological polar surface area (TPSA) is 86.7 Å². The molecule has 0 spiro atoms. The highest BCUT2D eigenvalue weighted by atomic mass is 32.2. The van der Waals surface area contributed by atoms with E-state index < -0.39 is 17.7 Å². The van der Waals surface area contributed by atoms with Crippen LogP contribution in [0.2, 0.25) is 0 Å². The fraction of sp³-hybridized carbons (Fsp3) is 0.167. The van der Waals surface area contributed by atoms with Crippen molar-refractivity contribution >= 4 is 29.5 Å². The summed E-state index contributed by atoms with van der Waals surface area (Å²) in [7, 11) is 0. The lowest BCUT2D eigenvalue weighted by Crippen LogP contribution is -2.45. The minimum absolute atomic E-state index is 0.0157. The van der Waals surface area contributed by atoms with Crippen molar-refractivity contribution in [1.29, 1.82) is 0 Å². The van der Waals surface area contributed by atoms with Crippen molar-refractivity contribution in [2.75, 3.05) is 5.75 Å². The van der Waals surface area contributed by atoms with Crippen molar-refractivity contribution in [2.24, 2.45) is 0 Å². The van der Waals surface area contributed by atoms with Gasteiger partial charge in [-0.05, 0) is 42.5 Å². The Balaban J connectivity index is 1.91. The second kappa shape index (κ2) is 6.60. The zero-order valence-corrected chi connectivity index (χ0v) is 14.5. The number of para-hydroxylation sites is 1. The SMILES string of the molecule is CCSc1cc(C)c2c(c1)C(=O)N(NC(=O)c1ccccc1O)C2=O. The first-order chi connectivity index (χ1) is 11.9. The Kier molecular flexibility index (Phi) is 4.50. The number of amides is 3. The first-order valence-electron chi connectivity index (χ1n) is 7.69. The fourth-order valence-electron chi connectivity index (χ4n) is 2.71. The highest BCUT2D eigenvalue weighted by Crippen LogP contribution is 2.30. The van der Waals surface area contributed by atoms with E-state index >= 15 is 0 Å². The number of phenols is 1. The van der Waals surface area contributed by atoms with Crippen LogP contribution in [0.25, 0.3) is 0 Å². The van der Waals surface area contributed by atoms with Gasteiger partial charge in [0.2, 0.25) is 0 Å². The van der Waals surface area contributed by atoms with Crippen molar-refractivity contribution in [1.82, 2.24) is 10.4 Å². The molecule has 0 radical (unpaired) electrons. The standard InChI is InChI=1S/C18H16N2O4S/c1-3-25-11-8-10(2)15-13(9-11)17(23)20(18(15)24)19-16(22)12-6-4-5-7-14(12)21/h4-9,21H,3H2,1-2H3,(H,19,22). The van der Waals surface area contributed by atoms with Crippen LogP contribution in [-0.4, -0.2) is 33.6 Å². The maximum absolute atomic E-state index is 12.6. The van der Waals surface area contributed by atoms with E-state index in [-0.39, 0.29) is 16.9 Å². The molecule has 0 aromatic heterocycles. The molecule has 6 nitrogen and oxygen atoms in total. The number of benzene rings is 2. The van der Waals surface area contributed by atoms with Crippen LogP contribution in [0.15, 0.2) is 41.3 Å². The van der Waals surface area contributed by atoms with E-state index in [1.165, 1.54) is 12.1 Å². The molecule has 2 N–H and O–H groups in total. The van der Waals surface area contributed by atoms with E-state index in [4.69, 9.17) is 0 Å². The summed E-state index contributed by atoms with van der Waals surface area (Å²) in [4.78, 5) is 38.3. The Hall–Kier alpha value is -2.80. The van der Waals surface area contributed by atoms with Crippen molar-refractivity contribution in [3.8, 4) is 5.75 Å². The van der Waals surface area contributed by atoms with E-state index in [0.29, 0.717) is 16.1 Å². The minimum atomic E-state index is -0.728. The summed E-state index contributed by atoms with van der Waals surface area (Å²) in [6.45, 7) is 3.76. The normalized spacial score (nSPS) is 13.1. The van der Waals surface area contributed by atoms with Crippen LogP contribution in [0.3, 0.4) is 0 Å². The monoisotopic (exact) mass is 356 g/mol. The highest BCUT2D eigenvalue weighted by molar-refractivity contribution is 7.99. The molecule has 0 unspecified atom stereocenters. The predicted octanol–water partition coefficient (Wildman–Crippen LogP) is 2.75. The molecule has 2 aromatic carbocycles. The van der Waals surface area contributed by atoms with Crippen molar-refractivity contribution in [2.45, 2.75) is 18.7 Å². The number of nitrogens with zero attached hydrogens (tertiary/aromatic N) is 1. The van der Waals surface area contributed by atoms with Gasteiger partial charge >= 0.3 is 0 Å². The molecule has 3 amide bonds. The summed E-state index contributed by atoms with van der Waals surface area (Å²) in [6, 6.07) is 9.44. The number of hydrogen-bond acceptors (Lipinski definition) is 5. The molecule has 1 aliphatic rings. The largest absolute Gasteiger partial charge is 0.507 e. The average Bonchev–Trinajstić information content (AvgIpc) is 2.80. The zero-order valence-electron chi connectivity index (χ0n) is 13.7. The lowest BCUT2D eigenvalue weighted by atomic mass is 10.0. The molecule has 0 fully saturated rings. The van der Waals surface area contributed by atoms with Crippen molar-refractivity contribution in [3.05, 3.63) is 58.7 Å². The van der Waals surface area contributed by atoms with Crippen LogP contribution in [-0.2, 0) is 0 Å². The van der Waals surface area contributed by atoms with Crippen molar-refractivity contribution < 1.29 is 19.5 Å². The first-order valence-corrected chi connectivity index (χ1v) is 8.67. The Bertz CT molecular complexity index is 895. The molecule has 0 aliphatic carbocycles. The average molecular weight is 356 g/mol. The molecule has 0 saturated carbocycles. The third kappa shape index (κ3) is 2.98. The van der Waals surface area contributed by atoms with Gasteiger partial charge in [-0.25, -0.2) is 0 Å². The Morgan fingerprint density at radius 2 is 1.92 bits per heavy atom. The van der Waals surface area contributed by atoms with E-state index in [9.17, 15) is 19.5 Å². The second-order valence-electron chi connectivity index (χ2n) is 5.50. The highest BCUT2D eigenvalue weighted by Gasteiger charge is 2.38. The lowest BCUT2D eigenvalue weighted by Gasteiger charge is -2.15. The van der Waals surface area contributed by atoms with Crippen LogP contribution in [0, 0.1) is 6.92 Å². The summed E-state index contributed by atoms with van der Waals surface area (Å²) in [5.74, 6) is -1.27. The van der Waals surface area contributed by atoms with E-state index in [2.05, 4.69) is 5.43 Å². The van der Waals surface area contributed by atoms with Crippen molar-refractivity contribution in [3.63, 3.8) is 0 Å². The number of carbonyl (C=O) groups is 3. The third-order valence-corrected chi connectivity index (χ3v) is 4.69. The fourth-order valence-corrected chi connectivity index (χ4v) is 3.50. The van der Waals surface area contributed by atoms with Gasteiger partial charge in [0.15, 0.2) is 0 Å². The first kappa shape index (κ1) is 17.0. The zero-order chi connectivity index (χ0) is 18.1. The molecular formula is C18H16N2O4S. The van der Waals surface area contributed by atoms with Gasteiger partial charge in [-0.15, -0.1) is 11.8 Å². The maximum Gasteiger partial charge on any atom is 0.280 e. The number of thioether (sulfide) groups is 1. The molecule has 2 aromatic rings. The number of phenolic OH excluding ortho intramolecular Hbond substituents is 1. The molecule has 0 saturated heterocycles. The summed E-state index contributed by atoms with van der Waals surface area (Å²) < 4.78 is 0. The summed E-state index contributed by atoms with van der Waals surface area (Å²) in [6.07, 6.45) is 0. The molecule has 25 heavy (non-hydrogen) atoms. The Morgan fingerprint density at radius 1 is 1.20 bits per heavy atom.